The van der Waals surface area contributed by atoms with Crippen LogP contribution in [0.5, 0.6) is 0 Å². The highest BCUT2D eigenvalue weighted by Gasteiger charge is 1.76. The standard InChI is InChI=1S/C4H6BrNO.C2H6/c5-3-1-2-4(6)7;1-2/h1-2H,3H2,(H2,6,7);1-2H3/b2-1+;. The zero-order chi connectivity index (χ0) is 7.70. The fourth-order valence-corrected chi connectivity index (χ4v) is 0.348. The lowest BCUT2D eigenvalue weighted by atomic mass is 10.5. The van der Waals surface area contributed by atoms with Gasteiger partial charge in [0.1, 0.15) is 0 Å². The first-order valence-corrected chi connectivity index (χ1v) is 3.91. The summed E-state index contributed by atoms with van der Waals surface area (Å²) in [5.41, 5.74) is 4.73. The normalized spacial score (nSPS) is 8.33. The summed E-state index contributed by atoms with van der Waals surface area (Å²) >= 11 is 3.08. The second-order valence-corrected chi connectivity index (χ2v) is 1.61. The van der Waals surface area contributed by atoms with Crippen LogP contribution < -0.4 is 5.73 Å². The molecule has 54 valence electrons. The lowest BCUT2D eigenvalue weighted by Gasteiger charge is -1.73. The van der Waals surface area contributed by atoms with Crippen molar-refractivity contribution in [2.75, 3.05) is 5.33 Å². The maximum atomic E-state index is 9.87. The van der Waals surface area contributed by atoms with E-state index in [-0.39, 0.29) is 0 Å². The first kappa shape index (κ1) is 11.5. The highest BCUT2D eigenvalue weighted by molar-refractivity contribution is 9.09. The molecular formula is C6H12BrNO. The molecule has 0 heterocycles. The third-order valence-corrected chi connectivity index (χ3v) is 0.745. The average Bonchev–Trinajstić information content (AvgIpc) is 1.88. The van der Waals surface area contributed by atoms with Gasteiger partial charge in [-0.25, -0.2) is 0 Å². The van der Waals surface area contributed by atoms with Crippen LogP contribution in [0.4, 0.5) is 0 Å². The van der Waals surface area contributed by atoms with E-state index in [1.54, 1.807) is 6.08 Å². The molecule has 0 aromatic heterocycles. The number of alkyl halides is 1. The average molecular weight is 194 g/mol. The minimum atomic E-state index is -0.403. The Bertz CT molecular complexity index is 91.1. The molecule has 0 aliphatic rings. The molecule has 0 aliphatic heterocycles. The summed E-state index contributed by atoms with van der Waals surface area (Å²) in [4.78, 5) is 9.87. The van der Waals surface area contributed by atoms with Gasteiger partial charge in [-0.05, 0) is 6.08 Å². The zero-order valence-electron chi connectivity index (χ0n) is 5.73. The molecule has 3 heteroatoms. The smallest absolute Gasteiger partial charge is 0.241 e. The molecule has 0 aromatic carbocycles. The van der Waals surface area contributed by atoms with E-state index in [9.17, 15) is 4.79 Å². The van der Waals surface area contributed by atoms with Gasteiger partial charge in [0.15, 0.2) is 0 Å². The third-order valence-electron chi connectivity index (χ3n) is 0.371. The van der Waals surface area contributed by atoms with Crippen LogP contribution in [-0.4, -0.2) is 11.2 Å². The zero-order valence-corrected chi connectivity index (χ0v) is 7.31. The van der Waals surface area contributed by atoms with E-state index in [0.717, 1.165) is 0 Å². The van der Waals surface area contributed by atoms with Crippen molar-refractivity contribution in [2.45, 2.75) is 13.8 Å². The molecule has 9 heavy (non-hydrogen) atoms. The van der Waals surface area contributed by atoms with Crippen molar-refractivity contribution in [3.05, 3.63) is 12.2 Å². The summed E-state index contributed by atoms with van der Waals surface area (Å²) in [5.74, 6) is -0.403. The van der Waals surface area contributed by atoms with Crippen LogP contribution in [0.25, 0.3) is 0 Å². The molecule has 1 amide bonds. The van der Waals surface area contributed by atoms with Crippen molar-refractivity contribution >= 4 is 21.8 Å². The van der Waals surface area contributed by atoms with Gasteiger partial charge in [0.05, 0.1) is 0 Å². The fraction of sp³-hybridized carbons (Fsp3) is 0.500. The minimum absolute atomic E-state index is 0.403. The molecule has 2 N–H and O–H groups in total. The highest BCUT2D eigenvalue weighted by atomic mass is 79.9. The van der Waals surface area contributed by atoms with Crippen molar-refractivity contribution < 1.29 is 4.79 Å². The summed E-state index contributed by atoms with van der Waals surface area (Å²) in [7, 11) is 0. The molecule has 0 rings (SSSR count). The molecular weight excluding hydrogens is 182 g/mol. The number of carbonyl (C=O) groups is 1. The number of nitrogens with two attached hydrogens (primary N) is 1. The van der Waals surface area contributed by atoms with E-state index in [0.29, 0.717) is 5.33 Å². The second-order valence-electron chi connectivity index (χ2n) is 0.959. The lowest BCUT2D eigenvalue weighted by molar-refractivity contribution is -0.113. The molecule has 2 nitrogen and oxygen atoms in total. The van der Waals surface area contributed by atoms with Gasteiger partial charge < -0.3 is 5.73 Å². The maximum absolute atomic E-state index is 9.87. The third kappa shape index (κ3) is 18.3. The molecule has 0 unspecified atom stereocenters. The minimum Gasteiger partial charge on any atom is -0.366 e. The van der Waals surface area contributed by atoms with Crippen LogP contribution in [0.2, 0.25) is 0 Å². The van der Waals surface area contributed by atoms with E-state index >= 15 is 0 Å². The van der Waals surface area contributed by atoms with E-state index in [4.69, 9.17) is 5.73 Å². The van der Waals surface area contributed by atoms with Crippen LogP contribution in [0.3, 0.4) is 0 Å². The van der Waals surface area contributed by atoms with E-state index in [1.165, 1.54) is 6.08 Å². The van der Waals surface area contributed by atoms with E-state index < -0.39 is 5.91 Å². The number of amides is 1. The molecule has 0 radical (unpaired) electrons. The first-order chi connectivity index (χ1) is 4.27. The quantitative estimate of drug-likeness (QED) is 0.524. The molecule has 0 atom stereocenters. The molecule has 0 aromatic rings. The van der Waals surface area contributed by atoms with Crippen molar-refractivity contribution in [1.29, 1.82) is 0 Å². The van der Waals surface area contributed by atoms with Crippen LogP contribution in [0.15, 0.2) is 12.2 Å². The predicted octanol–water partition coefficient (Wildman–Crippen LogP) is 1.45. The Morgan fingerprint density at radius 3 is 2.22 bits per heavy atom. The van der Waals surface area contributed by atoms with Crippen LogP contribution in [0.1, 0.15) is 13.8 Å². The fourth-order valence-electron chi connectivity index (χ4n) is 0.161. The van der Waals surface area contributed by atoms with Gasteiger partial charge in [-0.2, -0.15) is 0 Å². The second kappa shape index (κ2) is 10.6. The molecule has 0 spiro atoms. The Morgan fingerprint density at radius 2 is 2.11 bits per heavy atom. The Labute approximate surface area is 64.2 Å². The largest absolute Gasteiger partial charge is 0.366 e. The number of allylic oxidation sites excluding steroid dienone is 1. The van der Waals surface area contributed by atoms with Crippen molar-refractivity contribution in [3.63, 3.8) is 0 Å². The summed E-state index contributed by atoms with van der Waals surface area (Å²) < 4.78 is 0. The Hall–Kier alpha value is -0.310. The van der Waals surface area contributed by atoms with Crippen LogP contribution >= 0.6 is 15.9 Å². The van der Waals surface area contributed by atoms with Crippen LogP contribution in [-0.2, 0) is 4.79 Å². The van der Waals surface area contributed by atoms with E-state index in [1.807, 2.05) is 13.8 Å². The number of halogens is 1. The van der Waals surface area contributed by atoms with Gasteiger partial charge >= 0.3 is 0 Å². The van der Waals surface area contributed by atoms with Crippen molar-refractivity contribution in [1.82, 2.24) is 0 Å². The van der Waals surface area contributed by atoms with Gasteiger partial charge in [0.2, 0.25) is 5.91 Å². The number of hydrogen-bond donors (Lipinski definition) is 1. The van der Waals surface area contributed by atoms with E-state index in [2.05, 4.69) is 15.9 Å². The monoisotopic (exact) mass is 193 g/mol. The Balaban J connectivity index is 0. The summed E-state index contributed by atoms with van der Waals surface area (Å²) in [5, 5.41) is 0.677. The molecule has 0 saturated carbocycles. The van der Waals surface area contributed by atoms with Gasteiger partial charge in [-0.1, -0.05) is 35.9 Å². The molecule has 0 aliphatic carbocycles. The Kier molecular flexibility index (Phi) is 13.6. The van der Waals surface area contributed by atoms with Crippen molar-refractivity contribution in [3.8, 4) is 0 Å². The number of carbonyl (C=O) groups excluding carboxylic acids is 1. The summed E-state index contributed by atoms with van der Waals surface area (Å²) in [6.07, 6.45) is 2.96. The molecule has 0 saturated heterocycles. The first-order valence-electron chi connectivity index (χ1n) is 2.79. The SMILES string of the molecule is CC.NC(=O)/C=C/CBr. The summed E-state index contributed by atoms with van der Waals surface area (Å²) in [6, 6.07) is 0. The maximum Gasteiger partial charge on any atom is 0.241 e. The number of hydrogen-bond acceptors (Lipinski definition) is 1. The van der Waals surface area contributed by atoms with Gasteiger partial charge in [0.25, 0.3) is 0 Å². The number of rotatable bonds is 2. The molecule has 0 bridgehead atoms. The van der Waals surface area contributed by atoms with Crippen molar-refractivity contribution in [2.24, 2.45) is 5.73 Å². The molecule has 0 fully saturated rings. The Morgan fingerprint density at radius 1 is 1.67 bits per heavy atom. The van der Waals surface area contributed by atoms with Crippen LogP contribution in [0, 0.1) is 0 Å². The van der Waals surface area contributed by atoms with Gasteiger partial charge in [-0.3, -0.25) is 4.79 Å². The number of primary amides is 1. The highest BCUT2D eigenvalue weighted by Crippen LogP contribution is 1.78. The topological polar surface area (TPSA) is 43.1 Å². The van der Waals surface area contributed by atoms with Gasteiger partial charge in [0, 0.05) is 5.33 Å². The summed E-state index contributed by atoms with van der Waals surface area (Å²) in [6.45, 7) is 4.00. The predicted molar refractivity (Wildman–Crippen MR) is 43.5 cm³/mol. The van der Waals surface area contributed by atoms with Gasteiger partial charge in [-0.15, -0.1) is 0 Å². The lowest BCUT2D eigenvalue weighted by Crippen LogP contribution is -2.05.